The molecular formula is C13H18FN3. The minimum absolute atomic E-state index is 0.237. The van der Waals surface area contributed by atoms with Gasteiger partial charge in [0.05, 0.1) is 5.52 Å². The molecular weight excluding hydrogens is 217 g/mol. The van der Waals surface area contributed by atoms with Gasteiger partial charge in [0.15, 0.2) is 5.82 Å². The number of rotatable bonds is 5. The normalized spacial score (nSPS) is 11.2. The summed E-state index contributed by atoms with van der Waals surface area (Å²) in [6.07, 6.45) is 0.829. The van der Waals surface area contributed by atoms with Crippen molar-refractivity contribution < 1.29 is 4.39 Å². The van der Waals surface area contributed by atoms with Gasteiger partial charge in [-0.1, -0.05) is 13.0 Å². The van der Waals surface area contributed by atoms with E-state index in [2.05, 4.69) is 28.7 Å². The highest BCUT2D eigenvalue weighted by Crippen LogP contribution is 2.19. The molecule has 0 radical (unpaired) electrons. The third-order valence-corrected chi connectivity index (χ3v) is 2.90. The molecule has 4 heteroatoms. The highest BCUT2D eigenvalue weighted by molar-refractivity contribution is 5.76. The number of likely N-dealkylation sites (N-methyl/N-ethyl adjacent to an activating group) is 1. The number of fused-ring (bicyclic) bond motifs is 1. The van der Waals surface area contributed by atoms with Gasteiger partial charge < -0.3 is 9.88 Å². The van der Waals surface area contributed by atoms with Crippen LogP contribution in [-0.2, 0) is 13.0 Å². The molecule has 0 bridgehead atoms. The summed E-state index contributed by atoms with van der Waals surface area (Å²) in [5.74, 6) is 0.716. The van der Waals surface area contributed by atoms with E-state index in [-0.39, 0.29) is 5.82 Å². The molecule has 0 aliphatic heterocycles. The molecule has 0 unspecified atom stereocenters. The summed E-state index contributed by atoms with van der Waals surface area (Å²) in [6.45, 7) is 6.77. The quantitative estimate of drug-likeness (QED) is 0.806. The third kappa shape index (κ3) is 2.31. The largest absolute Gasteiger partial charge is 0.328 e. The van der Waals surface area contributed by atoms with Crippen molar-refractivity contribution in [3.8, 4) is 0 Å². The van der Waals surface area contributed by atoms with Crippen molar-refractivity contribution in [2.24, 2.45) is 0 Å². The zero-order valence-corrected chi connectivity index (χ0v) is 10.3. The number of nitrogens with one attached hydrogen (secondary N) is 1. The number of para-hydroxylation sites is 1. The summed E-state index contributed by atoms with van der Waals surface area (Å²) in [5, 5.41) is 3.26. The Morgan fingerprint density at radius 3 is 2.88 bits per heavy atom. The summed E-state index contributed by atoms with van der Waals surface area (Å²) >= 11 is 0. The van der Waals surface area contributed by atoms with Crippen molar-refractivity contribution in [2.45, 2.75) is 26.8 Å². The van der Waals surface area contributed by atoms with E-state index in [1.54, 1.807) is 6.07 Å². The molecule has 0 fully saturated rings. The lowest BCUT2D eigenvalue weighted by molar-refractivity contribution is 0.636. The van der Waals surface area contributed by atoms with Crippen LogP contribution in [0.1, 0.15) is 19.7 Å². The number of aromatic nitrogens is 2. The van der Waals surface area contributed by atoms with E-state index in [0.717, 1.165) is 37.4 Å². The van der Waals surface area contributed by atoms with Gasteiger partial charge in [0.25, 0.3) is 0 Å². The number of halogens is 1. The fourth-order valence-corrected chi connectivity index (χ4v) is 2.08. The average Bonchev–Trinajstić information content (AvgIpc) is 2.69. The van der Waals surface area contributed by atoms with E-state index < -0.39 is 0 Å². The Bertz CT molecular complexity index is 505. The Morgan fingerprint density at radius 2 is 2.18 bits per heavy atom. The van der Waals surface area contributed by atoms with Crippen LogP contribution in [0.3, 0.4) is 0 Å². The van der Waals surface area contributed by atoms with Crippen molar-refractivity contribution in [3.05, 3.63) is 29.8 Å². The van der Waals surface area contributed by atoms with Crippen molar-refractivity contribution in [2.75, 3.05) is 13.1 Å². The molecule has 0 atom stereocenters. The first-order valence-electron chi connectivity index (χ1n) is 6.12. The van der Waals surface area contributed by atoms with E-state index >= 15 is 0 Å². The van der Waals surface area contributed by atoms with Gasteiger partial charge >= 0.3 is 0 Å². The summed E-state index contributed by atoms with van der Waals surface area (Å²) in [6, 6.07) is 5.12. The summed E-state index contributed by atoms with van der Waals surface area (Å²) in [4.78, 5) is 4.40. The fraction of sp³-hybridized carbons (Fsp3) is 0.462. The van der Waals surface area contributed by atoms with Gasteiger partial charge in [0.1, 0.15) is 11.3 Å². The number of nitrogens with zero attached hydrogens (tertiary/aromatic N) is 2. The minimum atomic E-state index is -0.237. The van der Waals surface area contributed by atoms with Crippen LogP contribution in [0, 0.1) is 5.82 Å². The number of aryl methyl sites for hydroxylation is 1. The van der Waals surface area contributed by atoms with Gasteiger partial charge in [0, 0.05) is 19.5 Å². The Kier molecular flexibility index (Phi) is 3.74. The second kappa shape index (κ2) is 5.27. The Labute approximate surface area is 101 Å². The van der Waals surface area contributed by atoms with Crippen LogP contribution in [0.15, 0.2) is 18.2 Å². The number of imidazole rings is 1. The monoisotopic (exact) mass is 235 g/mol. The molecule has 0 spiro atoms. The molecule has 1 aromatic heterocycles. The first kappa shape index (κ1) is 12.0. The lowest BCUT2D eigenvalue weighted by Crippen LogP contribution is -2.18. The van der Waals surface area contributed by atoms with Crippen LogP contribution in [0.5, 0.6) is 0 Å². The fourth-order valence-electron chi connectivity index (χ4n) is 2.08. The van der Waals surface area contributed by atoms with Crippen LogP contribution in [0.25, 0.3) is 11.0 Å². The second-order valence-electron chi connectivity index (χ2n) is 3.98. The molecule has 17 heavy (non-hydrogen) atoms. The van der Waals surface area contributed by atoms with Gasteiger partial charge in [-0.15, -0.1) is 0 Å². The van der Waals surface area contributed by atoms with Crippen molar-refractivity contribution in [3.63, 3.8) is 0 Å². The predicted octanol–water partition coefficient (Wildman–Crippen LogP) is 2.35. The van der Waals surface area contributed by atoms with E-state index in [1.165, 1.54) is 6.07 Å². The highest BCUT2D eigenvalue weighted by atomic mass is 19.1. The highest BCUT2D eigenvalue weighted by Gasteiger charge is 2.11. The lowest BCUT2D eigenvalue weighted by Gasteiger charge is -2.05. The van der Waals surface area contributed by atoms with Gasteiger partial charge in [0.2, 0.25) is 0 Å². The number of hydrogen-bond acceptors (Lipinski definition) is 2. The van der Waals surface area contributed by atoms with Crippen LogP contribution in [-0.4, -0.2) is 22.6 Å². The van der Waals surface area contributed by atoms with Gasteiger partial charge in [-0.05, 0) is 25.6 Å². The molecule has 3 nitrogen and oxygen atoms in total. The minimum Gasteiger partial charge on any atom is -0.328 e. The zero-order valence-electron chi connectivity index (χ0n) is 10.3. The molecule has 1 N–H and O–H groups in total. The summed E-state index contributed by atoms with van der Waals surface area (Å²) in [5.41, 5.74) is 1.37. The van der Waals surface area contributed by atoms with Crippen LogP contribution >= 0.6 is 0 Å². The van der Waals surface area contributed by atoms with E-state index in [4.69, 9.17) is 0 Å². The molecule has 0 saturated heterocycles. The lowest BCUT2D eigenvalue weighted by atomic mass is 10.3. The van der Waals surface area contributed by atoms with E-state index in [9.17, 15) is 4.39 Å². The standard InChI is InChI=1S/C13H18FN3/c1-3-15-9-8-12-16-13-10(14)6-5-7-11(13)17(12)4-2/h5-7,15H,3-4,8-9H2,1-2H3. The smallest absolute Gasteiger partial charge is 0.151 e. The van der Waals surface area contributed by atoms with Crippen molar-refractivity contribution >= 4 is 11.0 Å². The van der Waals surface area contributed by atoms with Crippen molar-refractivity contribution in [1.29, 1.82) is 0 Å². The van der Waals surface area contributed by atoms with Gasteiger partial charge in [-0.2, -0.15) is 0 Å². The topological polar surface area (TPSA) is 29.9 Å². The third-order valence-electron chi connectivity index (χ3n) is 2.90. The van der Waals surface area contributed by atoms with Crippen LogP contribution in [0.4, 0.5) is 4.39 Å². The summed E-state index contributed by atoms with van der Waals surface area (Å²) < 4.78 is 15.7. The van der Waals surface area contributed by atoms with E-state index in [1.807, 2.05) is 6.07 Å². The molecule has 0 amide bonds. The maximum atomic E-state index is 13.6. The maximum absolute atomic E-state index is 13.6. The molecule has 0 saturated carbocycles. The number of hydrogen-bond donors (Lipinski definition) is 1. The molecule has 1 aromatic carbocycles. The van der Waals surface area contributed by atoms with Crippen LogP contribution < -0.4 is 5.32 Å². The Morgan fingerprint density at radius 1 is 1.35 bits per heavy atom. The van der Waals surface area contributed by atoms with Gasteiger partial charge in [-0.25, -0.2) is 9.37 Å². The molecule has 0 aliphatic carbocycles. The molecule has 2 rings (SSSR count). The van der Waals surface area contributed by atoms with Crippen LogP contribution in [0.2, 0.25) is 0 Å². The first-order valence-corrected chi connectivity index (χ1v) is 6.12. The molecule has 92 valence electrons. The SMILES string of the molecule is CCNCCc1nc2c(F)cccc2n1CC. The first-order chi connectivity index (χ1) is 8.27. The van der Waals surface area contributed by atoms with Gasteiger partial charge in [-0.3, -0.25) is 0 Å². The van der Waals surface area contributed by atoms with E-state index in [0.29, 0.717) is 5.52 Å². The Hall–Kier alpha value is -1.42. The number of benzene rings is 1. The zero-order chi connectivity index (χ0) is 12.3. The predicted molar refractivity (Wildman–Crippen MR) is 67.6 cm³/mol. The second-order valence-corrected chi connectivity index (χ2v) is 3.98. The summed E-state index contributed by atoms with van der Waals surface area (Å²) in [7, 11) is 0. The average molecular weight is 235 g/mol. The molecule has 0 aliphatic rings. The molecule has 1 heterocycles. The van der Waals surface area contributed by atoms with Crippen molar-refractivity contribution in [1.82, 2.24) is 14.9 Å². The Balaban J connectivity index is 2.38. The molecule has 2 aromatic rings. The maximum Gasteiger partial charge on any atom is 0.151 e.